The fraction of sp³-hybridized carbons (Fsp3) is 0.571. The molecule has 0 aromatic carbocycles. The van der Waals surface area contributed by atoms with Crippen molar-refractivity contribution >= 4 is 12.2 Å². The summed E-state index contributed by atoms with van der Waals surface area (Å²) in [7, 11) is 0. The Morgan fingerprint density at radius 3 is 2.59 bits per heavy atom. The van der Waals surface area contributed by atoms with Crippen molar-refractivity contribution < 1.29 is 19.1 Å². The summed E-state index contributed by atoms with van der Waals surface area (Å²) in [5.41, 5.74) is 0. The average molecular weight is 306 g/mol. The Bertz CT molecular complexity index is 551. The molecule has 0 aliphatic carbocycles. The molecule has 4 aliphatic heterocycles. The zero-order valence-corrected chi connectivity index (χ0v) is 12.1. The predicted octanol–water partition coefficient (Wildman–Crippen LogP) is -0.101. The molecule has 1 N–H and O–H groups in total. The molecule has 8 heteroatoms. The summed E-state index contributed by atoms with van der Waals surface area (Å²) in [4.78, 5) is 28.6. The van der Waals surface area contributed by atoms with Crippen LogP contribution in [0.3, 0.4) is 0 Å². The van der Waals surface area contributed by atoms with Crippen LogP contribution in [0.1, 0.15) is 0 Å². The number of carbonyl (C=O) groups excluding carboxylic acids is 2. The normalized spacial score (nSPS) is 36.8. The van der Waals surface area contributed by atoms with Crippen LogP contribution < -0.4 is 5.32 Å². The van der Waals surface area contributed by atoms with Crippen molar-refractivity contribution in [2.75, 3.05) is 26.2 Å². The number of nitrogens with one attached hydrogen (secondary N) is 1. The van der Waals surface area contributed by atoms with E-state index in [1.165, 1.54) is 11.1 Å². The SMILES string of the molecule is C=CN1C(=O)O[C@@H]2CN(/C=C/N3C(=O)O[C@H]4CNC[C@H]43)C[C@@H]21. The molecule has 4 rings (SSSR count). The van der Waals surface area contributed by atoms with Crippen LogP contribution in [0.5, 0.6) is 0 Å². The van der Waals surface area contributed by atoms with Gasteiger partial charge in [0.15, 0.2) is 0 Å². The van der Waals surface area contributed by atoms with Crippen LogP contribution in [0.4, 0.5) is 9.59 Å². The lowest BCUT2D eigenvalue weighted by atomic mass is 10.2. The molecular weight excluding hydrogens is 288 g/mol. The molecule has 0 aromatic heterocycles. The number of hydrogen-bond acceptors (Lipinski definition) is 6. The minimum atomic E-state index is -0.336. The van der Waals surface area contributed by atoms with E-state index in [4.69, 9.17) is 9.47 Å². The van der Waals surface area contributed by atoms with Crippen molar-refractivity contribution in [3.8, 4) is 0 Å². The third kappa shape index (κ3) is 1.94. The molecule has 0 unspecified atom stereocenters. The largest absolute Gasteiger partial charge is 0.442 e. The summed E-state index contributed by atoms with van der Waals surface area (Å²) in [5.74, 6) is 0. The maximum Gasteiger partial charge on any atom is 0.414 e. The Kier molecular flexibility index (Phi) is 3.00. The van der Waals surface area contributed by atoms with Crippen LogP contribution >= 0.6 is 0 Å². The van der Waals surface area contributed by atoms with Crippen molar-refractivity contribution in [1.82, 2.24) is 20.0 Å². The highest BCUT2D eigenvalue weighted by Crippen LogP contribution is 2.28. The van der Waals surface area contributed by atoms with E-state index in [1.54, 1.807) is 11.1 Å². The second-order valence-electron chi connectivity index (χ2n) is 5.89. The average Bonchev–Trinajstić information content (AvgIpc) is 3.18. The zero-order chi connectivity index (χ0) is 15.3. The molecule has 0 aromatic rings. The van der Waals surface area contributed by atoms with E-state index in [-0.39, 0.29) is 36.5 Å². The topological polar surface area (TPSA) is 74.4 Å². The number of amides is 2. The smallest absolute Gasteiger partial charge is 0.414 e. The lowest BCUT2D eigenvalue weighted by Gasteiger charge is -2.19. The van der Waals surface area contributed by atoms with Gasteiger partial charge in [-0.15, -0.1) is 0 Å². The van der Waals surface area contributed by atoms with Crippen LogP contribution in [0.25, 0.3) is 0 Å². The van der Waals surface area contributed by atoms with Crippen LogP contribution in [0, 0.1) is 0 Å². The van der Waals surface area contributed by atoms with Gasteiger partial charge in [-0.3, -0.25) is 9.80 Å². The Hall–Kier alpha value is -2.22. The first-order chi connectivity index (χ1) is 10.7. The highest BCUT2D eigenvalue weighted by molar-refractivity contribution is 5.73. The summed E-state index contributed by atoms with van der Waals surface area (Å²) in [6.45, 7) is 6.38. The monoisotopic (exact) mass is 306 g/mol. The minimum absolute atomic E-state index is 0.0129. The molecule has 0 spiro atoms. The lowest BCUT2D eigenvalue weighted by Crippen LogP contribution is -2.34. The van der Waals surface area contributed by atoms with Gasteiger partial charge in [0, 0.05) is 38.2 Å². The zero-order valence-electron chi connectivity index (χ0n) is 12.1. The number of hydrogen-bond donors (Lipinski definition) is 1. The Balaban J connectivity index is 1.42. The maximum absolute atomic E-state index is 11.8. The van der Waals surface area contributed by atoms with Crippen LogP contribution in [0.2, 0.25) is 0 Å². The van der Waals surface area contributed by atoms with E-state index < -0.39 is 0 Å². The van der Waals surface area contributed by atoms with Gasteiger partial charge >= 0.3 is 12.2 Å². The summed E-state index contributed by atoms with van der Waals surface area (Å²) in [6, 6.07) is 0.0504. The van der Waals surface area contributed by atoms with Gasteiger partial charge in [0.2, 0.25) is 0 Å². The molecule has 4 heterocycles. The first-order valence-corrected chi connectivity index (χ1v) is 7.41. The lowest BCUT2D eigenvalue weighted by molar-refractivity contribution is 0.131. The van der Waals surface area contributed by atoms with Gasteiger partial charge in [0.05, 0.1) is 18.6 Å². The molecule has 22 heavy (non-hydrogen) atoms. The van der Waals surface area contributed by atoms with E-state index in [0.29, 0.717) is 19.6 Å². The Morgan fingerprint density at radius 2 is 1.77 bits per heavy atom. The molecular formula is C14H18N4O4. The van der Waals surface area contributed by atoms with Gasteiger partial charge in [-0.2, -0.15) is 0 Å². The Morgan fingerprint density at radius 1 is 1.00 bits per heavy atom. The maximum atomic E-state index is 11.8. The van der Waals surface area contributed by atoms with E-state index in [2.05, 4.69) is 11.9 Å². The summed E-state index contributed by atoms with van der Waals surface area (Å²) >= 11 is 0. The molecule has 4 aliphatic rings. The molecule has 0 saturated carbocycles. The third-order valence-corrected chi connectivity index (χ3v) is 4.67. The second kappa shape index (κ2) is 4.91. The molecule has 0 radical (unpaired) electrons. The van der Waals surface area contributed by atoms with E-state index in [9.17, 15) is 9.59 Å². The molecule has 4 fully saturated rings. The molecule has 8 nitrogen and oxygen atoms in total. The minimum Gasteiger partial charge on any atom is -0.442 e. The van der Waals surface area contributed by atoms with E-state index in [0.717, 1.165) is 6.54 Å². The van der Waals surface area contributed by atoms with Crippen molar-refractivity contribution in [1.29, 1.82) is 0 Å². The first-order valence-electron chi connectivity index (χ1n) is 7.41. The number of nitrogens with zero attached hydrogens (tertiary/aromatic N) is 3. The molecule has 118 valence electrons. The number of ether oxygens (including phenoxy) is 2. The Labute approximate surface area is 127 Å². The molecule has 2 amide bonds. The first kappa shape index (κ1) is 13.4. The summed E-state index contributed by atoms with van der Waals surface area (Å²) < 4.78 is 10.6. The van der Waals surface area contributed by atoms with Crippen LogP contribution in [-0.2, 0) is 9.47 Å². The summed E-state index contributed by atoms with van der Waals surface area (Å²) in [6.07, 6.45) is 4.29. The molecule has 4 atom stereocenters. The highest BCUT2D eigenvalue weighted by atomic mass is 16.6. The van der Waals surface area contributed by atoms with Crippen molar-refractivity contribution in [3.63, 3.8) is 0 Å². The standard InChI is InChI=1S/C14H18N4O4/c1-2-17-10-7-16(8-12(10)22-13(17)19)3-4-18-9-5-15-6-11(9)21-14(18)20/h2-4,9-12,15H,1,5-8H2/b4-3+/t9-,10+,11+,12-/m1/s1. The van der Waals surface area contributed by atoms with Crippen molar-refractivity contribution in [2.24, 2.45) is 0 Å². The van der Waals surface area contributed by atoms with Gasteiger partial charge < -0.3 is 19.7 Å². The number of likely N-dealkylation sites (tertiary alicyclic amines) is 1. The quantitative estimate of drug-likeness (QED) is 0.785. The second-order valence-corrected chi connectivity index (χ2v) is 5.89. The number of rotatable bonds is 3. The van der Waals surface area contributed by atoms with Gasteiger partial charge in [0.25, 0.3) is 0 Å². The van der Waals surface area contributed by atoms with E-state index in [1.807, 2.05) is 11.1 Å². The van der Waals surface area contributed by atoms with Gasteiger partial charge in [-0.25, -0.2) is 9.59 Å². The van der Waals surface area contributed by atoms with Crippen LogP contribution in [-0.4, -0.2) is 77.4 Å². The highest BCUT2D eigenvalue weighted by Gasteiger charge is 2.47. The molecule has 0 bridgehead atoms. The van der Waals surface area contributed by atoms with Gasteiger partial charge in [-0.05, 0) is 0 Å². The van der Waals surface area contributed by atoms with Crippen molar-refractivity contribution in [3.05, 3.63) is 25.2 Å². The van der Waals surface area contributed by atoms with Crippen LogP contribution in [0.15, 0.2) is 25.2 Å². The predicted molar refractivity (Wildman–Crippen MR) is 75.6 cm³/mol. The molecule has 4 saturated heterocycles. The van der Waals surface area contributed by atoms with Gasteiger partial charge in [-0.1, -0.05) is 6.58 Å². The van der Waals surface area contributed by atoms with E-state index >= 15 is 0 Å². The van der Waals surface area contributed by atoms with Gasteiger partial charge in [0.1, 0.15) is 12.2 Å². The third-order valence-electron chi connectivity index (χ3n) is 4.67. The van der Waals surface area contributed by atoms with Crippen molar-refractivity contribution in [2.45, 2.75) is 24.3 Å². The fourth-order valence-corrected chi connectivity index (χ4v) is 3.53. The number of fused-ring (bicyclic) bond motifs is 2. The fourth-order valence-electron chi connectivity index (χ4n) is 3.53. The number of carbonyl (C=O) groups is 2. The summed E-state index contributed by atoms with van der Waals surface area (Å²) in [5, 5.41) is 3.21.